The smallest absolute Gasteiger partial charge is 0.257 e. The number of carbonyl (C=O) groups is 1. The van der Waals surface area contributed by atoms with Crippen LogP contribution in [0.15, 0.2) is 30.6 Å². The zero-order chi connectivity index (χ0) is 15.0. The lowest BCUT2D eigenvalue weighted by Crippen LogP contribution is -2.34. The molecule has 1 aliphatic carbocycles. The number of carbonyl (C=O) groups excluding carboxylic acids is 1. The molecule has 0 saturated heterocycles. The highest BCUT2D eigenvalue weighted by atomic mass is 19.1. The fourth-order valence-corrected chi connectivity index (χ4v) is 2.31. The molecule has 0 radical (unpaired) electrons. The molecule has 2 aromatic rings. The molecule has 0 atom stereocenters. The molecule has 2 N–H and O–H groups in total. The van der Waals surface area contributed by atoms with Crippen molar-refractivity contribution < 1.29 is 9.18 Å². The Balaban J connectivity index is 1.87. The lowest BCUT2D eigenvalue weighted by molar-refractivity contribution is 0.0719. The minimum absolute atomic E-state index is 0.0605. The number of imidazole rings is 1. The fraction of sp³-hybridized carbons (Fsp3) is 0.333. The van der Waals surface area contributed by atoms with E-state index in [1.807, 2.05) is 17.8 Å². The number of nitrogens with two attached hydrogens (primary N) is 1. The summed E-state index contributed by atoms with van der Waals surface area (Å²) in [6, 6.07) is 4.34. The van der Waals surface area contributed by atoms with Crippen LogP contribution in [0.25, 0.3) is 0 Å². The number of anilines is 1. The van der Waals surface area contributed by atoms with E-state index in [0.717, 1.165) is 18.7 Å². The van der Waals surface area contributed by atoms with Crippen LogP contribution < -0.4 is 5.73 Å². The van der Waals surface area contributed by atoms with E-state index in [-0.39, 0.29) is 17.5 Å². The Hall–Kier alpha value is -2.37. The summed E-state index contributed by atoms with van der Waals surface area (Å²) in [6.45, 7) is 0.386. The standard InChI is InChI=1S/C15H17FN4O/c1-19-7-6-18-14(19)9-20(11-3-4-11)15(21)12-5-2-10(17)8-13(12)16/h2,5-8,11H,3-4,9,17H2,1H3. The van der Waals surface area contributed by atoms with Gasteiger partial charge in [-0.3, -0.25) is 4.79 Å². The van der Waals surface area contributed by atoms with Gasteiger partial charge in [0.1, 0.15) is 11.6 Å². The molecule has 0 bridgehead atoms. The number of aryl methyl sites for hydroxylation is 1. The molecule has 0 unspecified atom stereocenters. The predicted octanol–water partition coefficient (Wildman–Crippen LogP) is 1.95. The van der Waals surface area contributed by atoms with Crippen LogP contribution in [-0.4, -0.2) is 26.4 Å². The number of hydrogen-bond donors (Lipinski definition) is 1. The molecule has 1 aromatic carbocycles. The third-order valence-electron chi connectivity index (χ3n) is 3.70. The van der Waals surface area contributed by atoms with Gasteiger partial charge in [0.05, 0.1) is 12.1 Å². The maximum absolute atomic E-state index is 14.0. The number of nitrogen functional groups attached to an aromatic ring is 1. The van der Waals surface area contributed by atoms with Gasteiger partial charge in [-0.05, 0) is 31.0 Å². The third-order valence-corrected chi connectivity index (χ3v) is 3.70. The fourth-order valence-electron chi connectivity index (χ4n) is 2.31. The number of halogens is 1. The number of benzene rings is 1. The normalized spacial score (nSPS) is 14.2. The minimum Gasteiger partial charge on any atom is -0.399 e. The van der Waals surface area contributed by atoms with Crippen molar-refractivity contribution >= 4 is 11.6 Å². The first-order chi connectivity index (χ1) is 10.1. The first-order valence-corrected chi connectivity index (χ1v) is 6.88. The summed E-state index contributed by atoms with van der Waals surface area (Å²) in [6.07, 6.45) is 5.42. The lowest BCUT2D eigenvalue weighted by Gasteiger charge is -2.22. The first-order valence-electron chi connectivity index (χ1n) is 6.88. The third kappa shape index (κ3) is 2.74. The van der Waals surface area contributed by atoms with Gasteiger partial charge in [0.2, 0.25) is 0 Å². The molecule has 0 aliphatic heterocycles. The van der Waals surface area contributed by atoms with Crippen molar-refractivity contribution in [2.75, 3.05) is 5.73 Å². The molecule has 1 aromatic heterocycles. The van der Waals surface area contributed by atoms with Gasteiger partial charge in [-0.15, -0.1) is 0 Å². The molecule has 1 aliphatic rings. The molecular weight excluding hydrogens is 271 g/mol. The zero-order valence-electron chi connectivity index (χ0n) is 11.8. The average molecular weight is 288 g/mol. The average Bonchev–Trinajstić information content (AvgIpc) is 3.19. The number of amides is 1. The summed E-state index contributed by atoms with van der Waals surface area (Å²) in [5.41, 5.74) is 5.90. The highest BCUT2D eigenvalue weighted by molar-refractivity contribution is 5.95. The molecule has 110 valence electrons. The Bertz CT molecular complexity index is 678. The monoisotopic (exact) mass is 288 g/mol. The number of hydrogen-bond acceptors (Lipinski definition) is 3. The van der Waals surface area contributed by atoms with Crippen molar-refractivity contribution in [3.05, 3.63) is 47.8 Å². The van der Waals surface area contributed by atoms with Crippen LogP contribution in [0.4, 0.5) is 10.1 Å². The van der Waals surface area contributed by atoms with Crippen LogP contribution in [0.5, 0.6) is 0 Å². The number of aromatic nitrogens is 2. The van der Waals surface area contributed by atoms with Gasteiger partial charge in [0.15, 0.2) is 0 Å². The molecular formula is C15H17FN4O. The van der Waals surface area contributed by atoms with E-state index in [0.29, 0.717) is 12.2 Å². The van der Waals surface area contributed by atoms with Crippen LogP contribution in [0.3, 0.4) is 0 Å². The number of rotatable bonds is 4. The molecule has 1 heterocycles. The van der Waals surface area contributed by atoms with E-state index in [1.165, 1.54) is 12.1 Å². The maximum Gasteiger partial charge on any atom is 0.257 e. The SMILES string of the molecule is Cn1ccnc1CN(C(=O)c1ccc(N)cc1F)C1CC1. The van der Waals surface area contributed by atoms with Gasteiger partial charge >= 0.3 is 0 Å². The molecule has 5 nitrogen and oxygen atoms in total. The van der Waals surface area contributed by atoms with E-state index < -0.39 is 5.82 Å². The molecule has 0 spiro atoms. The van der Waals surface area contributed by atoms with E-state index in [2.05, 4.69) is 4.98 Å². The van der Waals surface area contributed by atoms with Gasteiger partial charge < -0.3 is 15.2 Å². The van der Waals surface area contributed by atoms with Crippen molar-refractivity contribution in [1.82, 2.24) is 14.5 Å². The zero-order valence-corrected chi connectivity index (χ0v) is 11.8. The van der Waals surface area contributed by atoms with Crippen LogP contribution in [0, 0.1) is 5.82 Å². The Morgan fingerprint density at radius 2 is 2.29 bits per heavy atom. The van der Waals surface area contributed by atoms with E-state index in [4.69, 9.17) is 5.73 Å². The summed E-state index contributed by atoms with van der Waals surface area (Å²) in [4.78, 5) is 18.5. The van der Waals surface area contributed by atoms with Gasteiger partial charge in [-0.2, -0.15) is 0 Å². The van der Waals surface area contributed by atoms with Crippen molar-refractivity contribution in [2.24, 2.45) is 7.05 Å². The Morgan fingerprint density at radius 3 is 2.86 bits per heavy atom. The topological polar surface area (TPSA) is 64.2 Å². The Morgan fingerprint density at radius 1 is 1.52 bits per heavy atom. The van der Waals surface area contributed by atoms with Crippen molar-refractivity contribution in [1.29, 1.82) is 0 Å². The second kappa shape index (κ2) is 5.20. The Labute approximate surface area is 122 Å². The van der Waals surface area contributed by atoms with Crippen molar-refractivity contribution in [3.63, 3.8) is 0 Å². The van der Waals surface area contributed by atoms with E-state index in [9.17, 15) is 9.18 Å². The van der Waals surface area contributed by atoms with Crippen molar-refractivity contribution in [3.8, 4) is 0 Å². The van der Waals surface area contributed by atoms with Crippen LogP contribution in [0.2, 0.25) is 0 Å². The van der Waals surface area contributed by atoms with Gasteiger partial charge in [0.25, 0.3) is 5.91 Å². The summed E-state index contributed by atoms with van der Waals surface area (Å²) in [7, 11) is 1.88. The largest absolute Gasteiger partial charge is 0.399 e. The van der Waals surface area contributed by atoms with Crippen LogP contribution >= 0.6 is 0 Å². The van der Waals surface area contributed by atoms with Gasteiger partial charge in [-0.25, -0.2) is 9.37 Å². The molecule has 1 saturated carbocycles. The molecule has 21 heavy (non-hydrogen) atoms. The minimum atomic E-state index is -0.578. The van der Waals surface area contributed by atoms with Crippen molar-refractivity contribution in [2.45, 2.75) is 25.4 Å². The molecule has 3 rings (SSSR count). The quantitative estimate of drug-likeness (QED) is 0.875. The number of nitrogens with zero attached hydrogens (tertiary/aromatic N) is 3. The molecule has 1 fully saturated rings. The predicted molar refractivity (Wildman–Crippen MR) is 76.9 cm³/mol. The van der Waals surface area contributed by atoms with E-state index >= 15 is 0 Å². The summed E-state index contributed by atoms with van der Waals surface area (Å²) in [5, 5.41) is 0. The van der Waals surface area contributed by atoms with Crippen LogP contribution in [-0.2, 0) is 13.6 Å². The van der Waals surface area contributed by atoms with Gasteiger partial charge in [0, 0.05) is 31.2 Å². The first kappa shape index (κ1) is 13.6. The molecule has 1 amide bonds. The van der Waals surface area contributed by atoms with Crippen LogP contribution in [0.1, 0.15) is 29.0 Å². The summed E-state index contributed by atoms with van der Waals surface area (Å²) in [5.74, 6) is -0.102. The highest BCUT2D eigenvalue weighted by Gasteiger charge is 2.34. The maximum atomic E-state index is 14.0. The van der Waals surface area contributed by atoms with Gasteiger partial charge in [-0.1, -0.05) is 0 Å². The summed E-state index contributed by atoms with van der Waals surface area (Å²) >= 11 is 0. The molecule has 6 heteroatoms. The van der Waals surface area contributed by atoms with E-state index in [1.54, 1.807) is 17.2 Å². The Kier molecular flexibility index (Phi) is 3.37. The second-order valence-corrected chi connectivity index (χ2v) is 5.36. The highest BCUT2D eigenvalue weighted by Crippen LogP contribution is 2.30. The second-order valence-electron chi connectivity index (χ2n) is 5.36. The summed E-state index contributed by atoms with van der Waals surface area (Å²) < 4.78 is 15.8. The lowest BCUT2D eigenvalue weighted by atomic mass is 10.1.